The molecule has 0 saturated heterocycles. The first-order valence-electron chi connectivity index (χ1n) is 7.49. The maximum atomic E-state index is 11.8. The van der Waals surface area contributed by atoms with Crippen molar-refractivity contribution in [1.29, 1.82) is 0 Å². The molecule has 1 saturated carbocycles. The Morgan fingerprint density at radius 3 is 3.00 bits per heavy atom. The van der Waals surface area contributed by atoms with E-state index in [0.29, 0.717) is 12.5 Å². The second-order valence-electron chi connectivity index (χ2n) is 5.37. The first kappa shape index (κ1) is 14.7. The van der Waals surface area contributed by atoms with Gasteiger partial charge in [-0.25, -0.2) is 0 Å². The number of carbonyl (C=O) groups excluding carboxylic acids is 1. The minimum atomic E-state index is 0.259. The van der Waals surface area contributed by atoms with E-state index in [4.69, 9.17) is 4.74 Å². The molecule has 1 aromatic heterocycles. The van der Waals surface area contributed by atoms with Crippen molar-refractivity contribution in [3.05, 3.63) is 22.4 Å². The highest BCUT2D eigenvalue weighted by Gasteiger charge is 2.23. The lowest BCUT2D eigenvalue weighted by atomic mass is 9.85. The Morgan fingerprint density at radius 1 is 1.42 bits per heavy atom. The van der Waals surface area contributed by atoms with Crippen LogP contribution in [0.25, 0.3) is 0 Å². The molecular formula is C16H24O2S. The van der Waals surface area contributed by atoms with Crippen LogP contribution >= 0.6 is 11.3 Å². The van der Waals surface area contributed by atoms with Crippen LogP contribution in [0.15, 0.2) is 17.5 Å². The van der Waals surface area contributed by atoms with Crippen molar-refractivity contribution < 1.29 is 9.53 Å². The molecule has 0 bridgehead atoms. The van der Waals surface area contributed by atoms with Gasteiger partial charge in [0.1, 0.15) is 0 Å². The van der Waals surface area contributed by atoms with Crippen LogP contribution in [0.2, 0.25) is 0 Å². The molecule has 106 valence electrons. The van der Waals surface area contributed by atoms with Gasteiger partial charge >= 0.3 is 0 Å². The Hall–Kier alpha value is -0.670. The second kappa shape index (κ2) is 7.81. The topological polar surface area (TPSA) is 26.3 Å². The molecule has 19 heavy (non-hydrogen) atoms. The summed E-state index contributed by atoms with van der Waals surface area (Å²) in [4.78, 5) is 12.7. The van der Waals surface area contributed by atoms with Gasteiger partial charge in [0.2, 0.25) is 0 Å². The number of ether oxygens (including phenoxy) is 1. The van der Waals surface area contributed by atoms with E-state index in [1.54, 1.807) is 0 Å². The quantitative estimate of drug-likeness (QED) is 0.534. The van der Waals surface area contributed by atoms with Crippen molar-refractivity contribution in [2.24, 2.45) is 5.92 Å². The minimum absolute atomic E-state index is 0.259. The van der Waals surface area contributed by atoms with Crippen LogP contribution in [0.3, 0.4) is 0 Å². The van der Waals surface area contributed by atoms with Crippen molar-refractivity contribution in [3.8, 4) is 0 Å². The summed E-state index contributed by atoms with van der Waals surface area (Å²) in [6.07, 6.45) is 8.31. The lowest BCUT2D eigenvalue weighted by Gasteiger charge is -2.30. The van der Waals surface area contributed by atoms with Gasteiger partial charge in [-0.15, -0.1) is 11.3 Å². The van der Waals surface area contributed by atoms with Crippen molar-refractivity contribution in [2.45, 2.75) is 58.0 Å². The maximum absolute atomic E-state index is 11.8. The number of hydrogen-bond acceptors (Lipinski definition) is 3. The second-order valence-corrected chi connectivity index (χ2v) is 6.31. The fourth-order valence-corrected chi connectivity index (χ4v) is 3.58. The summed E-state index contributed by atoms with van der Waals surface area (Å²) in [5.41, 5.74) is 0. The number of rotatable bonds is 7. The van der Waals surface area contributed by atoms with Crippen LogP contribution in [0.4, 0.5) is 0 Å². The van der Waals surface area contributed by atoms with Gasteiger partial charge in [-0.05, 0) is 36.6 Å². The lowest BCUT2D eigenvalue weighted by molar-refractivity contribution is -0.0130. The fourth-order valence-electron chi connectivity index (χ4n) is 2.89. The lowest BCUT2D eigenvalue weighted by Crippen LogP contribution is -2.27. The Kier molecular flexibility index (Phi) is 6.05. The molecule has 2 atom stereocenters. The van der Waals surface area contributed by atoms with E-state index >= 15 is 0 Å². The number of carbonyl (C=O) groups is 1. The smallest absolute Gasteiger partial charge is 0.172 e. The summed E-state index contributed by atoms with van der Waals surface area (Å²) in [5, 5.41) is 1.96. The molecular weight excluding hydrogens is 256 g/mol. The highest BCUT2D eigenvalue weighted by Crippen LogP contribution is 2.29. The van der Waals surface area contributed by atoms with E-state index < -0.39 is 0 Å². The summed E-state index contributed by atoms with van der Waals surface area (Å²) in [5.74, 6) is 0.996. The molecule has 1 fully saturated rings. The molecule has 0 aliphatic heterocycles. The average molecular weight is 280 g/mol. The summed E-state index contributed by atoms with van der Waals surface area (Å²) >= 11 is 1.53. The van der Waals surface area contributed by atoms with Crippen LogP contribution in [0, 0.1) is 5.92 Å². The van der Waals surface area contributed by atoms with E-state index in [9.17, 15) is 4.79 Å². The van der Waals surface area contributed by atoms with Gasteiger partial charge < -0.3 is 4.74 Å². The van der Waals surface area contributed by atoms with Crippen molar-refractivity contribution in [2.75, 3.05) is 6.61 Å². The van der Waals surface area contributed by atoms with Crippen LogP contribution in [0.5, 0.6) is 0 Å². The zero-order chi connectivity index (χ0) is 13.5. The molecule has 2 nitrogen and oxygen atoms in total. The van der Waals surface area contributed by atoms with Crippen LogP contribution < -0.4 is 0 Å². The highest BCUT2D eigenvalue weighted by molar-refractivity contribution is 7.12. The fraction of sp³-hybridized carbons (Fsp3) is 0.688. The van der Waals surface area contributed by atoms with E-state index in [0.717, 1.165) is 23.8 Å². The van der Waals surface area contributed by atoms with E-state index in [2.05, 4.69) is 6.92 Å². The number of thiophene rings is 1. The SMILES string of the molecule is CCC1CCCCC1OCCCC(=O)c1cccs1. The normalized spacial score (nSPS) is 23.4. The predicted octanol–water partition coefficient (Wildman–Crippen LogP) is 4.70. The van der Waals surface area contributed by atoms with Crippen molar-refractivity contribution >= 4 is 17.1 Å². The average Bonchev–Trinajstić information content (AvgIpc) is 2.98. The number of hydrogen-bond donors (Lipinski definition) is 0. The Labute approximate surface area is 120 Å². The third-order valence-corrected chi connectivity index (χ3v) is 4.95. The molecule has 0 spiro atoms. The van der Waals surface area contributed by atoms with Crippen LogP contribution in [-0.4, -0.2) is 18.5 Å². The van der Waals surface area contributed by atoms with Crippen LogP contribution in [-0.2, 0) is 4.74 Å². The first-order chi connectivity index (χ1) is 9.31. The molecule has 2 unspecified atom stereocenters. The van der Waals surface area contributed by atoms with E-state index in [1.165, 1.54) is 43.4 Å². The summed E-state index contributed by atoms with van der Waals surface area (Å²) in [6.45, 7) is 2.99. The first-order valence-corrected chi connectivity index (χ1v) is 8.37. The number of Topliss-reactive ketones (excluding diaryl/α,β-unsaturated/α-hetero) is 1. The summed E-state index contributed by atoms with van der Waals surface area (Å²) in [7, 11) is 0. The predicted molar refractivity (Wildman–Crippen MR) is 79.9 cm³/mol. The third-order valence-electron chi connectivity index (χ3n) is 4.04. The molecule has 0 aromatic carbocycles. The zero-order valence-corrected chi connectivity index (χ0v) is 12.6. The summed E-state index contributed by atoms with van der Waals surface area (Å²) < 4.78 is 6.01. The Bertz CT molecular complexity index is 372. The van der Waals surface area contributed by atoms with Gasteiger partial charge in [0.25, 0.3) is 0 Å². The van der Waals surface area contributed by atoms with E-state index in [1.807, 2.05) is 17.5 Å². The van der Waals surface area contributed by atoms with Crippen molar-refractivity contribution in [3.63, 3.8) is 0 Å². The molecule has 0 amide bonds. The number of ketones is 1. The van der Waals surface area contributed by atoms with Crippen molar-refractivity contribution in [1.82, 2.24) is 0 Å². The largest absolute Gasteiger partial charge is 0.378 e. The monoisotopic (exact) mass is 280 g/mol. The van der Waals surface area contributed by atoms with Gasteiger partial charge in [0.15, 0.2) is 5.78 Å². The molecule has 3 heteroatoms. The highest BCUT2D eigenvalue weighted by atomic mass is 32.1. The molecule has 0 N–H and O–H groups in total. The minimum Gasteiger partial charge on any atom is -0.378 e. The van der Waals surface area contributed by atoms with Gasteiger partial charge in [-0.2, -0.15) is 0 Å². The summed E-state index contributed by atoms with van der Waals surface area (Å²) in [6, 6.07) is 3.84. The molecule has 1 aliphatic carbocycles. The molecule has 0 radical (unpaired) electrons. The standard InChI is InChI=1S/C16H24O2S/c1-2-13-7-3-4-9-15(13)18-11-5-8-14(17)16-10-6-12-19-16/h6,10,12-13,15H,2-5,7-9,11H2,1H3. The Balaban J connectivity index is 1.64. The van der Waals surface area contributed by atoms with E-state index in [-0.39, 0.29) is 5.78 Å². The molecule has 1 aliphatic rings. The molecule has 1 heterocycles. The van der Waals surface area contributed by atoms with Gasteiger partial charge in [-0.1, -0.05) is 32.3 Å². The maximum Gasteiger partial charge on any atom is 0.172 e. The molecule has 2 rings (SSSR count). The van der Waals surface area contributed by atoms with Gasteiger partial charge in [0, 0.05) is 13.0 Å². The van der Waals surface area contributed by atoms with Gasteiger partial charge in [-0.3, -0.25) is 4.79 Å². The van der Waals surface area contributed by atoms with Gasteiger partial charge in [0.05, 0.1) is 11.0 Å². The Morgan fingerprint density at radius 2 is 2.26 bits per heavy atom. The van der Waals surface area contributed by atoms with Crippen LogP contribution in [0.1, 0.15) is 61.5 Å². The third kappa shape index (κ3) is 4.43. The molecule has 1 aromatic rings. The zero-order valence-electron chi connectivity index (χ0n) is 11.8.